The largest absolute Gasteiger partial charge is 0.480 e. The third kappa shape index (κ3) is 21.9. The van der Waals surface area contributed by atoms with Gasteiger partial charge in [0.2, 0.25) is 5.91 Å². The minimum atomic E-state index is -0.931. The third-order valence-electron chi connectivity index (χ3n) is 6.10. The highest BCUT2D eigenvalue weighted by Crippen LogP contribution is 2.14. The van der Waals surface area contributed by atoms with Crippen LogP contribution in [0.4, 0.5) is 0 Å². The van der Waals surface area contributed by atoms with Crippen LogP contribution in [0.1, 0.15) is 149 Å². The zero-order valence-electron chi connectivity index (χ0n) is 21.1. The SMILES string of the molecule is CCCCCCCCCCCCCCCCCCCCC(=O)NC(CC(C)C)C(=O)O. The number of unbranched alkanes of at least 4 members (excludes halogenated alkanes) is 17. The molecule has 0 aliphatic carbocycles. The summed E-state index contributed by atoms with van der Waals surface area (Å²) in [5, 5.41) is 11.8. The Balaban J connectivity index is 3.34. The molecule has 4 nitrogen and oxygen atoms in total. The van der Waals surface area contributed by atoms with E-state index in [0.717, 1.165) is 12.8 Å². The number of rotatable bonds is 23. The second-order valence-electron chi connectivity index (χ2n) is 9.85. The molecular weight excluding hydrogens is 386 g/mol. The first-order valence-corrected chi connectivity index (χ1v) is 13.5. The zero-order valence-corrected chi connectivity index (χ0v) is 21.1. The molecule has 1 unspecified atom stereocenters. The maximum absolute atomic E-state index is 11.9. The third-order valence-corrected chi connectivity index (χ3v) is 6.10. The van der Waals surface area contributed by atoms with Gasteiger partial charge in [-0.2, -0.15) is 0 Å². The zero-order chi connectivity index (χ0) is 23.2. The molecule has 0 saturated carbocycles. The van der Waals surface area contributed by atoms with E-state index in [-0.39, 0.29) is 11.8 Å². The van der Waals surface area contributed by atoms with Crippen molar-refractivity contribution in [1.29, 1.82) is 0 Å². The Hall–Kier alpha value is -1.06. The second-order valence-corrected chi connectivity index (χ2v) is 9.85. The molecule has 0 spiro atoms. The van der Waals surface area contributed by atoms with Crippen molar-refractivity contribution < 1.29 is 14.7 Å². The van der Waals surface area contributed by atoms with Crippen LogP contribution in [0.15, 0.2) is 0 Å². The lowest BCUT2D eigenvalue weighted by atomic mass is 10.0. The van der Waals surface area contributed by atoms with Crippen LogP contribution in [-0.2, 0) is 9.59 Å². The van der Waals surface area contributed by atoms with E-state index in [9.17, 15) is 14.7 Å². The maximum Gasteiger partial charge on any atom is 0.326 e. The molecular formula is C27H53NO3. The average Bonchev–Trinajstić information content (AvgIpc) is 2.72. The molecule has 0 radical (unpaired) electrons. The van der Waals surface area contributed by atoms with Gasteiger partial charge in [-0.15, -0.1) is 0 Å². The van der Waals surface area contributed by atoms with E-state index in [0.29, 0.717) is 12.8 Å². The first-order chi connectivity index (χ1) is 15.0. The number of hydrogen-bond donors (Lipinski definition) is 2. The number of amides is 1. The summed E-state index contributed by atoms with van der Waals surface area (Å²) in [7, 11) is 0. The predicted molar refractivity (Wildman–Crippen MR) is 132 cm³/mol. The summed E-state index contributed by atoms with van der Waals surface area (Å²) in [5.74, 6) is -0.795. The van der Waals surface area contributed by atoms with Gasteiger partial charge in [-0.05, 0) is 18.8 Å². The molecule has 0 heterocycles. The van der Waals surface area contributed by atoms with Crippen LogP contribution >= 0.6 is 0 Å². The van der Waals surface area contributed by atoms with E-state index in [2.05, 4.69) is 12.2 Å². The van der Waals surface area contributed by atoms with Crippen molar-refractivity contribution >= 4 is 11.9 Å². The van der Waals surface area contributed by atoms with Crippen LogP contribution in [0.3, 0.4) is 0 Å². The molecule has 0 aliphatic heterocycles. The van der Waals surface area contributed by atoms with Crippen LogP contribution in [0.25, 0.3) is 0 Å². The number of carboxylic acids is 1. The van der Waals surface area contributed by atoms with Crippen molar-refractivity contribution in [2.75, 3.05) is 0 Å². The summed E-state index contributed by atoms with van der Waals surface area (Å²) in [6, 6.07) is -0.747. The van der Waals surface area contributed by atoms with Crippen molar-refractivity contribution in [2.45, 2.75) is 155 Å². The van der Waals surface area contributed by atoms with Crippen molar-refractivity contribution in [3.8, 4) is 0 Å². The van der Waals surface area contributed by atoms with Crippen LogP contribution in [0.2, 0.25) is 0 Å². The van der Waals surface area contributed by atoms with Gasteiger partial charge < -0.3 is 10.4 Å². The molecule has 2 N–H and O–H groups in total. The highest BCUT2D eigenvalue weighted by molar-refractivity contribution is 5.83. The monoisotopic (exact) mass is 439 g/mol. The molecule has 4 heteroatoms. The molecule has 0 aromatic heterocycles. The molecule has 0 bridgehead atoms. The van der Waals surface area contributed by atoms with E-state index < -0.39 is 12.0 Å². The van der Waals surface area contributed by atoms with Gasteiger partial charge in [-0.25, -0.2) is 4.79 Å². The summed E-state index contributed by atoms with van der Waals surface area (Å²) in [5.41, 5.74) is 0. The fraction of sp³-hybridized carbons (Fsp3) is 0.926. The van der Waals surface area contributed by atoms with Gasteiger partial charge in [-0.1, -0.05) is 130 Å². The minimum Gasteiger partial charge on any atom is -0.480 e. The highest BCUT2D eigenvalue weighted by atomic mass is 16.4. The first-order valence-electron chi connectivity index (χ1n) is 13.5. The van der Waals surface area contributed by atoms with Gasteiger partial charge >= 0.3 is 5.97 Å². The second kappa shape index (κ2) is 22.1. The highest BCUT2D eigenvalue weighted by Gasteiger charge is 2.20. The minimum absolute atomic E-state index is 0.121. The smallest absolute Gasteiger partial charge is 0.326 e. The summed E-state index contributed by atoms with van der Waals surface area (Å²) in [6.45, 7) is 6.22. The number of nitrogens with one attached hydrogen (secondary N) is 1. The lowest BCUT2D eigenvalue weighted by Gasteiger charge is -2.16. The molecule has 0 aromatic rings. The van der Waals surface area contributed by atoms with Crippen molar-refractivity contribution in [2.24, 2.45) is 5.92 Å². The number of carbonyl (C=O) groups is 2. The quantitative estimate of drug-likeness (QED) is 0.158. The Morgan fingerprint density at radius 3 is 1.32 bits per heavy atom. The lowest BCUT2D eigenvalue weighted by Crippen LogP contribution is -2.41. The molecule has 1 atom stereocenters. The van der Waals surface area contributed by atoms with Crippen molar-refractivity contribution in [3.63, 3.8) is 0 Å². The van der Waals surface area contributed by atoms with Gasteiger partial charge in [0.25, 0.3) is 0 Å². The topological polar surface area (TPSA) is 66.4 Å². The van der Waals surface area contributed by atoms with Gasteiger partial charge in [0.05, 0.1) is 0 Å². The predicted octanol–water partition coefficient (Wildman–Crippen LogP) is 8.03. The summed E-state index contributed by atoms with van der Waals surface area (Å²) in [4.78, 5) is 23.1. The summed E-state index contributed by atoms with van der Waals surface area (Å²) in [6.07, 6.45) is 24.8. The Kier molecular flexibility index (Phi) is 21.4. The Bertz CT molecular complexity index is 423. The van der Waals surface area contributed by atoms with Crippen LogP contribution < -0.4 is 5.32 Å². The van der Waals surface area contributed by atoms with Gasteiger partial charge in [0.15, 0.2) is 0 Å². The standard InChI is InChI=1S/C27H53NO3/c1-4-5-6-7-8-9-10-11-12-13-14-15-16-17-18-19-20-21-22-26(29)28-25(27(30)31)23-24(2)3/h24-25H,4-23H2,1-3H3,(H,28,29)(H,30,31). The molecule has 0 saturated heterocycles. The normalized spacial score (nSPS) is 12.3. The van der Waals surface area contributed by atoms with E-state index in [4.69, 9.17) is 0 Å². The Labute approximate surface area is 193 Å². The molecule has 31 heavy (non-hydrogen) atoms. The lowest BCUT2D eigenvalue weighted by molar-refractivity contribution is -0.142. The van der Waals surface area contributed by atoms with E-state index in [1.165, 1.54) is 103 Å². The van der Waals surface area contributed by atoms with Gasteiger partial charge in [-0.3, -0.25) is 4.79 Å². The summed E-state index contributed by atoms with van der Waals surface area (Å²) >= 11 is 0. The molecule has 1 amide bonds. The Morgan fingerprint density at radius 1 is 0.645 bits per heavy atom. The van der Waals surface area contributed by atoms with E-state index in [1.807, 2.05) is 13.8 Å². The molecule has 184 valence electrons. The average molecular weight is 440 g/mol. The molecule has 0 aromatic carbocycles. The Morgan fingerprint density at radius 2 is 1.00 bits per heavy atom. The van der Waals surface area contributed by atoms with E-state index >= 15 is 0 Å². The van der Waals surface area contributed by atoms with Crippen molar-refractivity contribution in [1.82, 2.24) is 5.32 Å². The van der Waals surface area contributed by atoms with Crippen molar-refractivity contribution in [3.05, 3.63) is 0 Å². The van der Waals surface area contributed by atoms with Crippen LogP contribution in [0, 0.1) is 5.92 Å². The molecule has 0 fully saturated rings. The fourth-order valence-corrected chi connectivity index (χ4v) is 4.15. The number of aliphatic carboxylic acids is 1. The van der Waals surface area contributed by atoms with Gasteiger partial charge in [0, 0.05) is 6.42 Å². The number of carboxylic acid groups (broad SMARTS) is 1. The maximum atomic E-state index is 11.9. The fourth-order valence-electron chi connectivity index (χ4n) is 4.15. The van der Waals surface area contributed by atoms with Crippen LogP contribution in [-0.4, -0.2) is 23.0 Å². The number of hydrogen-bond acceptors (Lipinski definition) is 2. The molecule has 0 aliphatic rings. The van der Waals surface area contributed by atoms with E-state index in [1.54, 1.807) is 0 Å². The van der Waals surface area contributed by atoms with Crippen LogP contribution in [0.5, 0.6) is 0 Å². The molecule has 0 rings (SSSR count). The number of carbonyl (C=O) groups excluding carboxylic acids is 1. The first kappa shape index (κ1) is 29.9. The van der Waals surface area contributed by atoms with Gasteiger partial charge in [0.1, 0.15) is 6.04 Å². The summed E-state index contributed by atoms with van der Waals surface area (Å²) < 4.78 is 0.